The van der Waals surface area contributed by atoms with Gasteiger partial charge in [0, 0.05) is 6.20 Å². The van der Waals surface area contributed by atoms with Gasteiger partial charge in [-0.05, 0) is 40.9 Å². The maximum Gasteiger partial charge on any atom is 0.328 e. The van der Waals surface area contributed by atoms with Gasteiger partial charge in [-0.3, -0.25) is 4.79 Å². The number of hydrogen-bond acceptors (Lipinski definition) is 3. The summed E-state index contributed by atoms with van der Waals surface area (Å²) in [6.07, 6.45) is 2.18. The number of carbonyl (C=O) groups excluding carboxylic acids is 1. The molecule has 0 saturated carbocycles. The molecule has 1 heterocycles. The molecule has 0 radical (unpaired) electrons. The van der Waals surface area contributed by atoms with Crippen molar-refractivity contribution in [2.24, 2.45) is 0 Å². The Hall–Kier alpha value is -1.10. The quantitative estimate of drug-likeness (QED) is 0.800. The highest BCUT2D eigenvalue weighted by Crippen LogP contribution is 2.14. The van der Waals surface area contributed by atoms with E-state index in [0.717, 1.165) is 5.56 Å². The Morgan fingerprint density at radius 2 is 2.25 bits per heavy atom. The predicted octanol–water partition coefficient (Wildman–Crippen LogP) is 2.04. The van der Waals surface area contributed by atoms with Crippen LogP contribution in [-0.4, -0.2) is 17.6 Å². The van der Waals surface area contributed by atoms with E-state index < -0.39 is 12.0 Å². The standard InChI is InChI=1S/C11H14BrNO3/c1-4-9(11(15)16-3)13-6-7(2)5-8(12)10(13)14/h5-6,9H,4H2,1-3H3. The van der Waals surface area contributed by atoms with Gasteiger partial charge in [-0.2, -0.15) is 0 Å². The summed E-state index contributed by atoms with van der Waals surface area (Å²) in [7, 11) is 1.32. The van der Waals surface area contributed by atoms with Crippen molar-refractivity contribution in [3.05, 3.63) is 32.7 Å². The molecule has 5 heteroatoms. The molecule has 0 spiro atoms. The molecule has 1 atom stereocenters. The number of aromatic nitrogens is 1. The van der Waals surface area contributed by atoms with Crippen molar-refractivity contribution in [2.75, 3.05) is 7.11 Å². The highest BCUT2D eigenvalue weighted by atomic mass is 79.9. The molecule has 0 N–H and O–H groups in total. The second-order valence-electron chi connectivity index (χ2n) is 3.53. The van der Waals surface area contributed by atoms with Crippen LogP contribution in [0.2, 0.25) is 0 Å². The van der Waals surface area contributed by atoms with Crippen LogP contribution < -0.4 is 5.56 Å². The fourth-order valence-electron chi connectivity index (χ4n) is 1.54. The van der Waals surface area contributed by atoms with E-state index in [1.807, 2.05) is 13.8 Å². The van der Waals surface area contributed by atoms with Crippen molar-refractivity contribution in [3.63, 3.8) is 0 Å². The topological polar surface area (TPSA) is 48.3 Å². The number of nitrogens with zero attached hydrogens (tertiary/aromatic N) is 1. The molecule has 16 heavy (non-hydrogen) atoms. The zero-order valence-corrected chi connectivity index (χ0v) is 11.1. The monoisotopic (exact) mass is 287 g/mol. The summed E-state index contributed by atoms with van der Waals surface area (Å²) < 4.78 is 6.54. The first kappa shape index (κ1) is 13.0. The number of ether oxygens (including phenoxy) is 1. The van der Waals surface area contributed by atoms with Crippen molar-refractivity contribution in [2.45, 2.75) is 26.3 Å². The van der Waals surface area contributed by atoms with Crippen molar-refractivity contribution in [3.8, 4) is 0 Å². The zero-order valence-electron chi connectivity index (χ0n) is 9.49. The molecule has 0 saturated heterocycles. The Labute approximate surface area is 102 Å². The summed E-state index contributed by atoms with van der Waals surface area (Å²) in [5.74, 6) is -0.401. The van der Waals surface area contributed by atoms with Crippen LogP contribution in [0, 0.1) is 6.92 Å². The number of esters is 1. The van der Waals surface area contributed by atoms with Gasteiger partial charge < -0.3 is 9.30 Å². The molecule has 88 valence electrons. The summed E-state index contributed by atoms with van der Waals surface area (Å²) in [6.45, 7) is 3.70. The summed E-state index contributed by atoms with van der Waals surface area (Å²) in [6, 6.07) is 1.16. The maximum absolute atomic E-state index is 11.8. The van der Waals surface area contributed by atoms with Crippen LogP contribution in [-0.2, 0) is 9.53 Å². The minimum absolute atomic E-state index is 0.220. The molecule has 1 rings (SSSR count). The number of aryl methyl sites for hydroxylation is 1. The van der Waals surface area contributed by atoms with Crippen molar-refractivity contribution < 1.29 is 9.53 Å². The molecule has 0 fully saturated rings. The van der Waals surface area contributed by atoms with Gasteiger partial charge in [-0.15, -0.1) is 0 Å². The lowest BCUT2D eigenvalue weighted by molar-refractivity contribution is -0.144. The molecule has 0 aliphatic heterocycles. The van der Waals surface area contributed by atoms with Crippen LogP contribution in [0.5, 0.6) is 0 Å². The van der Waals surface area contributed by atoms with E-state index in [1.165, 1.54) is 11.7 Å². The van der Waals surface area contributed by atoms with Gasteiger partial charge in [0.05, 0.1) is 11.6 Å². The molecule has 0 aromatic carbocycles. The van der Waals surface area contributed by atoms with Crippen molar-refractivity contribution in [1.82, 2.24) is 4.57 Å². The molecular weight excluding hydrogens is 274 g/mol. The fourth-order valence-corrected chi connectivity index (χ4v) is 2.11. The number of pyridine rings is 1. The largest absolute Gasteiger partial charge is 0.467 e. The third-order valence-electron chi connectivity index (χ3n) is 2.33. The summed E-state index contributed by atoms with van der Waals surface area (Å²) in [5, 5.41) is 0. The van der Waals surface area contributed by atoms with Crippen LogP contribution in [0.15, 0.2) is 21.5 Å². The van der Waals surface area contributed by atoms with Gasteiger partial charge in [0.25, 0.3) is 5.56 Å². The van der Waals surface area contributed by atoms with E-state index in [2.05, 4.69) is 20.7 Å². The normalized spacial score (nSPS) is 12.2. The minimum Gasteiger partial charge on any atom is -0.467 e. The molecule has 0 aliphatic rings. The number of halogens is 1. The van der Waals surface area contributed by atoms with E-state index in [4.69, 9.17) is 0 Å². The lowest BCUT2D eigenvalue weighted by atomic mass is 10.2. The van der Waals surface area contributed by atoms with E-state index >= 15 is 0 Å². The van der Waals surface area contributed by atoms with Crippen molar-refractivity contribution in [1.29, 1.82) is 0 Å². The van der Waals surface area contributed by atoms with Crippen LogP contribution >= 0.6 is 15.9 Å². The third-order valence-corrected chi connectivity index (χ3v) is 2.90. The maximum atomic E-state index is 11.8. The summed E-state index contributed by atoms with van der Waals surface area (Å²) in [5.41, 5.74) is 0.691. The van der Waals surface area contributed by atoms with Gasteiger partial charge in [-0.1, -0.05) is 6.92 Å². The van der Waals surface area contributed by atoms with E-state index in [1.54, 1.807) is 12.3 Å². The van der Waals surface area contributed by atoms with Gasteiger partial charge in [0.15, 0.2) is 0 Å². The SMILES string of the molecule is CCC(C(=O)OC)n1cc(C)cc(Br)c1=O. The first-order valence-electron chi connectivity index (χ1n) is 4.97. The predicted molar refractivity (Wildman–Crippen MR) is 64.5 cm³/mol. The van der Waals surface area contributed by atoms with Crippen LogP contribution in [0.3, 0.4) is 0 Å². The highest BCUT2D eigenvalue weighted by Gasteiger charge is 2.20. The summed E-state index contributed by atoms with van der Waals surface area (Å²) in [4.78, 5) is 23.4. The first-order chi connectivity index (χ1) is 7.51. The molecule has 0 bridgehead atoms. The fraction of sp³-hybridized carbons (Fsp3) is 0.455. The Balaban J connectivity index is 3.30. The lowest BCUT2D eigenvalue weighted by Gasteiger charge is -2.16. The Morgan fingerprint density at radius 3 is 2.75 bits per heavy atom. The van der Waals surface area contributed by atoms with Gasteiger partial charge in [0.2, 0.25) is 0 Å². The second kappa shape index (κ2) is 5.30. The van der Waals surface area contributed by atoms with Gasteiger partial charge in [0.1, 0.15) is 6.04 Å². The molecule has 1 aromatic heterocycles. The molecule has 4 nitrogen and oxygen atoms in total. The smallest absolute Gasteiger partial charge is 0.328 e. The van der Waals surface area contributed by atoms with Crippen molar-refractivity contribution >= 4 is 21.9 Å². The third kappa shape index (κ3) is 2.52. The van der Waals surface area contributed by atoms with Crippen LogP contribution in [0.4, 0.5) is 0 Å². The van der Waals surface area contributed by atoms with Crippen LogP contribution in [0.25, 0.3) is 0 Å². The number of hydrogen-bond donors (Lipinski definition) is 0. The van der Waals surface area contributed by atoms with Gasteiger partial charge >= 0.3 is 5.97 Å². The van der Waals surface area contributed by atoms with E-state index in [9.17, 15) is 9.59 Å². The minimum atomic E-state index is -0.561. The zero-order chi connectivity index (χ0) is 12.3. The van der Waals surface area contributed by atoms with Gasteiger partial charge in [-0.25, -0.2) is 4.79 Å². The highest BCUT2D eigenvalue weighted by molar-refractivity contribution is 9.10. The molecule has 0 amide bonds. The van der Waals surface area contributed by atoms with E-state index in [0.29, 0.717) is 10.9 Å². The average molecular weight is 288 g/mol. The Kier molecular flexibility index (Phi) is 4.29. The molecule has 1 unspecified atom stereocenters. The molecule has 0 aliphatic carbocycles. The molecule has 1 aromatic rings. The van der Waals surface area contributed by atoms with Crippen LogP contribution in [0.1, 0.15) is 24.9 Å². The number of methoxy groups -OCH3 is 1. The molecular formula is C11H14BrNO3. The summed E-state index contributed by atoms with van der Waals surface area (Å²) >= 11 is 3.18. The Morgan fingerprint density at radius 1 is 1.62 bits per heavy atom. The average Bonchev–Trinajstić information content (AvgIpc) is 2.25. The first-order valence-corrected chi connectivity index (χ1v) is 5.76. The lowest BCUT2D eigenvalue weighted by Crippen LogP contribution is -2.30. The Bertz CT molecular complexity index is 453. The number of rotatable bonds is 3. The van der Waals surface area contributed by atoms with E-state index in [-0.39, 0.29) is 5.56 Å². The number of carbonyl (C=O) groups is 1. The second-order valence-corrected chi connectivity index (χ2v) is 4.38.